The van der Waals surface area contributed by atoms with E-state index in [1.807, 2.05) is 0 Å². The van der Waals surface area contributed by atoms with Gasteiger partial charge in [0.2, 0.25) is 0 Å². The molecule has 0 radical (unpaired) electrons. The van der Waals surface area contributed by atoms with E-state index in [-0.39, 0.29) is 31.1 Å². The highest BCUT2D eigenvalue weighted by molar-refractivity contribution is 5.71. The topological polar surface area (TPSA) is 78.9 Å². The van der Waals surface area contributed by atoms with Crippen LogP contribution in [0.3, 0.4) is 0 Å². The molecule has 0 heterocycles. The van der Waals surface area contributed by atoms with Gasteiger partial charge in [0, 0.05) is 19.3 Å². The molecule has 0 aromatic heterocycles. The van der Waals surface area contributed by atoms with Crippen molar-refractivity contribution in [3.63, 3.8) is 0 Å². The first-order valence-corrected chi connectivity index (χ1v) is 26.6. The number of ether oxygens (including phenoxy) is 3. The van der Waals surface area contributed by atoms with Gasteiger partial charge in [-0.2, -0.15) is 0 Å². The van der Waals surface area contributed by atoms with Crippen LogP contribution in [0.4, 0.5) is 0 Å². The third kappa shape index (κ3) is 49.6. The van der Waals surface area contributed by atoms with Gasteiger partial charge in [0.05, 0.1) is 0 Å². The van der Waals surface area contributed by atoms with Crippen LogP contribution >= 0.6 is 0 Å². The van der Waals surface area contributed by atoms with Crippen molar-refractivity contribution in [1.29, 1.82) is 0 Å². The van der Waals surface area contributed by atoms with E-state index in [2.05, 4.69) is 106 Å². The molecular formula is C58H98O6. The molecule has 0 aromatic carbocycles. The smallest absolute Gasteiger partial charge is 0.306 e. The number of hydrogen-bond donors (Lipinski definition) is 0. The van der Waals surface area contributed by atoms with Crippen molar-refractivity contribution in [2.45, 2.75) is 252 Å². The van der Waals surface area contributed by atoms with E-state index in [1.54, 1.807) is 0 Å². The molecule has 0 bridgehead atoms. The first-order valence-electron chi connectivity index (χ1n) is 26.6. The molecule has 0 N–H and O–H groups in total. The maximum atomic E-state index is 12.8. The fourth-order valence-corrected chi connectivity index (χ4v) is 7.15. The molecule has 366 valence electrons. The lowest BCUT2D eigenvalue weighted by atomic mass is 10.1. The Bertz CT molecular complexity index is 1250. The maximum Gasteiger partial charge on any atom is 0.306 e. The van der Waals surface area contributed by atoms with Crippen molar-refractivity contribution in [2.75, 3.05) is 13.2 Å². The fourth-order valence-electron chi connectivity index (χ4n) is 7.15. The van der Waals surface area contributed by atoms with Crippen molar-refractivity contribution in [2.24, 2.45) is 0 Å². The lowest BCUT2D eigenvalue weighted by Gasteiger charge is -2.18. The Balaban J connectivity index is 4.30. The summed E-state index contributed by atoms with van der Waals surface area (Å²) in [5, 5.41) is 0. The van der Waals surface area contributed by atoms with Gasteiger partial charge in [-0.15, -0.1) is 0 Å². The highest BCUT2D eigenvalue weighted by Crippen LogP contribution is 2.14. The number of carbonyl (C=O) groups excluding carboxylic acids is 3. The number of hydrogen-bond acceptors (Lipinski definition) is 6. The summed E-state index contributed by atoms with van der Waals surface area (Å²) >= 11 is 0. The first kappa shape index (κ1) is 60.6. The Morgan fingerprint density at radius 2 is 0.609 bits per heavy atom. The molecular weight excluding hydrogens is 793 g/mol. The summed E-state index contributed by atoms with van der Waals surface area (Å²) in [4.78, 5) is 37.9. The standard InChI is InChI=1S/C58H98O6/c1-4-7-10-13-16-19-21-23-25-26-27-28-29-30-31-32-34-35-37-39-42-45-48-51-57(60)63-54-55(53-62-56(59)50-47-44-41-18-15-12-9-6-3)64-58(61)52-49-46-43-40-38-36-33-24-22-20-17-14-11-8-5-2/h7,10,16-17,19-20,23-25,27-28,30-31,33,55H,4-6,8-9,11-15,18,21-22,26,29,32,34-54H2,1-3H3/b10-7-,19-16-,20-17-,25-23-,28-27-,31-30-,33-24-. The molecule has 0 aliphatic heterocycles. The second-order valence-electron chi connectivity index (χ2n) is 17.4. The van der Waals surface area contributed by atoms with Crippen LogP contribution in [0.2, 0.25) is 0 Å². The second-order valence-corrected chi connectivity index (χ2v) is 17.4. The van der Waals surface area contributed by atoms with E-state index in [9.17, 15) is 14.4 Å². The summed E-state index contributed by atoms with van der Waals surface area (Å²) in [5.74, 6) is -0.915. The van der Waals surface area contributed by atoms with E-state index in [4.69, 9.17) is 14.2 Å². The van der Waals surface area contributed by atoms with Gasteiger partial charge >= 0.3 is 17.9 Å². The SMILES string of the molecule is CC/C=C\C/C=C\C/C=C\C/C=C\C/C=C\CCCCCCCCCC(=O)OCC(COC(=O)CCCCCCCCCC)OC(=O)CCCCCCC/C=C\C/C=C\CCCCC. The van der Waals surface area contributed by atoms with E-state index >= 15 is 0 Å². The van der Waals surface area contributed by atoms with Gasteiger partial charge in [0.15, 0.2) is 6.10 Å². The molecule has 0 rings (SSSR count). The quantitative estimate of drug-likeness (QED) is 0.0262. The van der Waals surface area contributed by atoms with Gasteiger partial charge in [0.25, 0.3) is 0 Å². The number of allylic oxidation sites excluding steroid dienone is 14. The minimum Gasteiger partial charge on any atom is -0.462 e. The van der Waals surface area contributed by atoms with E-state index in [0.717, 1.165) is 122 Å². The minimum absolute atomic E-state index is 0.0852. The first-order chi connectivity index (χ1) is 31.5. The summed E-state index contributed by atoms with van der Waals surface area (Å²) < 4.78 is 16.7. The summed E-state index contributed by atoms with van der Waals surface area (Å²) in [6.07, 6.45) is 67.2. The zero-order chi connectivity index (χ0) is 46.5. The van der Waals surface area contributed by atoms with E-state index < -0.39 is 6.10 Å². The molecule has 0 fully saturated rings. The van der Waals surface area contributed by atoms with Crippen LogP contribution in [0.15, 0.2) is 85.1 Å². The Kier molecular flexibility index (Phi) is 49.4. The normalized spacial score (nSPS) is 12.7. The number of carbonyl (C=O) groups is 3. The predicted molar refractivity (Wildman–Crippen MR) is 274 cm³/mol. The summed E-state index contributed by atoms with van der Waals surface area (Å²) in [6.45, 7) is 6.45. The molecule has 0 aliphatic rings. The third-order valence-electron chi connectivity index (χ3n) is 11.1. The van der Waals surface area contributed by atoms with Crippen molar-refractivity contribution in [1.82, 2.24) is 0 Å². The number of rotatable bonds is 47. The minimum atomic E-state index is -0.786. The Labute approximate surface area is 395 Å². The average molecular weight is 891 g/mol. The predicted octanol–water partition coefficient (Wildman–Crippen LogP) is 17.6. The molecule has 64 heavy (non-hydrogen) atoms. The molecule has 0 saturated heterocycles. The zero-order valence-corrected chi connectivity index (χ0v) is 41.8. The highest BCUT2D eigenvalue weighted by atomic mass is 16.6. The van der Waals surface area contributed by atoms with Crippen LogP contribution in [0, 0.1) is 0 Å². The van der Waals surface area contributed by atoms with Crippen LogP contribution in [0.1, 0.15) is 245 Å². The third-order valence-corrected chi connectivity index (χ3v) is 11.1. The maximum absolute atomic E-state index is 12.8. The summed E-state index contributed by atoms with van der Waals surface area (Å²) in [6, 6.07) is 0. The van der Waals surface area contributed by atoms with Gasteiger partial charge in [-0.25, -0.2) is 0 Å². The molecule has 0 aliphatic carbocycles. The van der Waals surface area contributed by atoms with Crippen molar-refractivity contribution in [3.05, 3.63) is 85.1 Å². The van der Waals surface area contributed by atoms with Gasteiger partial charge in [-0.05, 0) is 96.3 Å². The summed E-state index contributed by atoms with van der Waals surface area (Å²) in [7, 11) is 0. The van der Waals surface area contributed by atoms with Gasteiger partial charge in [-0.1, -0.05) is 215 Å². The lowest BCUT2D eigenvalue weighted by Crippen LogP contribution is -2.30. The second kappa shape index (κ2) is 52.2. The van der Waals surface area contributed by atoms with Crippen molar-refractivity contribution in [3.8, 4) is 0 Å². The van der Waals surface area contributed by atoms with Gasteiger partial charge in [0.1, 0.15) is 13.2 Å². The van der Waals surface area contributed by atoms with Crippen LogP contribution in [-0.4, -0.2) is 37.2 Å². The molecule has 1 unspecified atom stereocenters. The Morgan fingerprint density at radius 3 is 0.984 bits per heavy atom. The highest BCUT2D eigenvalue weighted by Gasteiger charge is 2.19. The van der Waals surface area contributed by atoms with Crippen LogP contribution < -0.4 is 0 Å². The van der Waals surface area contributed by atoms with E-state index in [0.29, 0.717) is 19.3 Å². The number of esters is 3. The van der Waals surface area contributed by atoms with Gasteiger partial charge < -0.3 is 14.2 Å². The molecule has 0 aromatic rings. The lowest BCUT2D eigenvalue weighted by molar-refractivity contribution is -0.167. The fraction of sp³-hybridized carbons (Fsp3) is 0.707. The molecule has 6 heteroatoms. The van der Waals surface area contributed by atoms with Crippen LogP contribution in [0.25, 0.3) is 0 Å². The van der Waals surface area contributed by atoms with E-state index in [1.165, 1.54) is 83.5 Å². The molecule has 0 saturated carbocycles. The summed E-state index contributed by atoms with van der Waals surface area (Å²) in [5.41, 5.74) is 0. The largest absolute Gasteiger partial charge is 0.462 e. The van der Waals surface area contributed by atoms with Crippen LogP contribution in [0.5, 0.6) is 0 Å². The van der Waals surface area contributed by atoms with Crippen molar-refractivity contribution < 1.29 is 28.6 Å². The zero-order valence-electron chi connectivity index (χ0n) is 41.8. The van der Waals surface area contributed by atoms with Crippen LogP contribution in [-0.2, 0) is 28.6 Å². The van der Waals surface area contributed by atoms with Crippen molar-refractivity contribution >= 4 is 17.9 Å². The number of unbranched alkanes of at least 4 members (excludes halogenated alkanes) is 22. The molecule has 0 spiro atoms. The molecule has 0 amide bonds. The monoisotopic (exact) mass is 891 g/mol. The molecule has 6 nitrogen and oxygen atoms in total. The molecule has 1 atom stereocenters. The average Bonchev–Trinajstić information content (AvgIpc) is 3.29. The Hall–Kier alpha value is -3.41. The Morgan fingerprint density at radius 1 is 0.328 bits per heavy atom. The van der Waals surface area contributed by atoms with Gasteiger partial charge in [-0.3, -0.25) is 14.4 Å².